The molecule has 3 rings (SSSR count). The van der Waals surface area contributed by atoms with E-state index in [1.165, 1.54) is 16.9 Å². The molecule has 0 atom stereocenters. The van der Waals surface area contributed by atoms with Crippen LogP contribution in [0.25, 0.3) is 10.7 Å². The van der Waals surface area contributed by atoms with Crippen molar-refractivity contribution in [3.05, 3.63) is 53.5 Å². The molecule has 158 valence electrons. The summed E-state index contributed by atoms with van der Waals surface area (Å²) in [7, 11) is 1.92. The number of nitrogens with zero attached hydrogens (tertiary/aromatic N) is 3. The van der Waals surface area contributed by atoms with E-state index in [4.69, 9.17) is 0 Å². The van der Waals surface area contributed by atoms with Crippen LogP contribution in [0.4, 0.5) is 5.13 Å². The second kappa shape index (κ2) is 8.79. The Bertz CT molecular complexity index is 1040. The van der Waals surface area contributed by atoms with Crippen LogP contribution in [-0.4, -0.2) is 32.9 Å². The molecule has 0 saturated carbocycles. The standard InChI is InChI=1S/C22H27N5O2S/c1-14-18(19-23-12-13-27(19)5)30-21(25-14)26-17(28)10-11-24-20(29)15-6-8-16(9-7-15)22(2,3)4/h6-9,12-13H,10-11H2,1-5H3,(H,24,29)(H,25,26,28). The number of amides is 2. The van der Waals surface area contributed by atoms with Crippen LogP contribution in [0.3, 0.4) is 0 Å². The molecule has 0 radical (unpaired) electrons. The Morgan fingerprint density at radius 1 is 1.17 bits per heavy atom. The SMILES string of the molecule is Cc1nc(NC(=O)CCNC(=O)c2ccc(C(C)(C)C)cc2)sc1-c1nccn1C. The zero-order valence-corrected chi connectivity index (χ0v) is 18.8. The largest absolute Gasteiger partial charge is 0.352 e. The number of anilines is 1. The Hall–Kier alpha value is -3.00. The summed E-state index contributed by atoms with van der Waals surface area (Å²) in [5.74, 6) is 0.430. The summed E-state index contributed by atoms with van der Waals surface area (Å²) >= 11 is 1.39. The molecule has 2 heterocycles. The smallest absolute Gasteiger partial charge is 0.251 e. The van der Waals surface area contributed by atoms with Gasteiger partial charge in [-0.05, 0) is 30.0 Å². The highest BCUT2D eigenvalue weighted by Crippen LogP contribution is 2.31. The zero-order chi connectivity index (χ0) is 21.9. The van der Waals surface area contributed by atoms with Gasteiger partial charge in [0.2, 0.25) is 5.91 Å². The average molecular weight is 426 g/mol. The molecule has 0 aliphatic rings. The Labute approximate surface area is 180 Å². The normalized spacial score (nSPS) is 11.4. The van der Waals surface area contributed by atoms with Crippen LogP contribution in [0, 0.1) is 6.92 Å². The van der Waals surface area contributed by atoms with Crippen molar-refractivity contribution >= 4 is 28.3 Å². The van der Waals surface area contributed by atoms with E-state index in [0.717, 1.165) is 16.4 Å². The first-order chi connectivity index (χ1) is 14.1. The van der Waals surface area contributed by atoms with E-state index in [2.05, 4.69) is 41.4 Å². The van der Waals surface area contributed by atoms with E-state index in [1.54, 1.807) is 6.20 Å². The topological polar surface area (TPSA) is 88.9 Å². The molecule has 2 amide bonds. The third kappa shape index (κ3) is 5.13. The number of nitrogens with one attached hydrogen (secondary N) is 2. The quantitative estimate of drug-likeness (QED) is 0.627. The maximum absolute atomic E-state index is 12.3. The van der Waals surface area contributed by atoms with Crippen molar-refractivity contribution in [3.63, 3.8) is 0 Å². The molecule has 30 heavy (non-hydrogen) atoms. The van der Waals surface area contributed by atoms with Crippen LogP contribution in [-0.2, 0) is 17.3 Å². The van der Waals surface area contributed by atoms with Gasteiger partial charge in [0.25, 0.3) is 5.91 Å². The van der Waals surface area contributed by atoms with Crippen molar-refractivity contribution in [1.82, 2.24) is 19.9 Å². The lowest BCUT2D eigenvalue weighted by atomic mass is 9.87. The van der Waals surface area contributed by atoms with Crippen molar-refractivity contribution in [3.8, 4) is 10.7 Å². The van der Waals surface area contributed by atoms with E-state index in [-0.39, 0.29) is 30.2 Å². The van der Waals surface area contributed by atoms with E-state index in [0.29, 0.717) is 10.7 Å². The van der Waals surface area contributed by atoms with Crippen molar-refractivity contribution in [1.29, 1.82) is 0 Å². The van der Waals surface area contributed by atoms with Gasteiger partial charge in [0, 0.05) is 38.0 Å². The first kappa shape index (κ1) is 21.7. The summed E-state index contributed by atoms with van der Waals surface area (Å²) in [6.07, 6.45) is 3.76. The highest BCUT2D eigenvalue weighted by Gasteiger charge is 2.16. The van der Waals surface area contributed by atoms with Crippen LogP contribution >= 0.6 is 11.3 Å². The summed E-state index contributed by atoms with van der Waals surface area (Å²) in [5.41, 5.74) is 2.61. The first-order valence-electron chi connectivity index (χ1n) is 9.79. The summed E-state index contributed by atoms with van der Waals surface area (Å²) in [5, 5.41) is 6.12. The molecule has 0 fully saturated rings. The van der Waals surface area contributed by atoms with Crippen molar-refractivity contribution in [2.24, 2.45) is 7.05 Å². The fourth-order valence-corrected chi connectivity index (χ4v) is 3.96. The maximum atomic E-state index is 12.3. The third-order valence-corrected chi connectivity index (χ3v) is 5.79. The minimum absolute atomic E-state index is 0.0391. The molecule has 0 spiro atoms. The number of aryl methyl sites for hydroxylation is 2. The third-order valence-electron chi connectivity index (χ3n) is 4.72. The number of hydrogen-bond acceptors (Lipinski definition) is 5. The predicted molar refractivity (Wildman–Crippen MR) is 120 cm³/mol. The summed E-state index contributed by atoms with van der Waals surface area (Å²) in [6, 6.07) is 7.55. The van der Waals surface area contributed by atoms with Gasteiger partial charge >= 0.3 is 0 Å². The Kier molecular flexibility index (Phi) is 6.36. The molecule has 0 saturated heterocycles. The maximum Gasteiger partial charge on any atom is 0.251 e. The van der Waals surface area contributed by atoms with Gasteiger partial charge in [-0.3, -0.25) is 9.59 Å². The fourth-order valence-electron chi connectivity index (χ4n) is 2.94. The second-order valence-electron chi connectivity index (χ2n) is 8.18. The van der Waals surface area contributed by atoms with Crippen molar-refractivity contribution in [2.75, 3.05) is 11.9 Å². The van der Waals surface area contributed by atoms with Crippen LogP contribution in [0.2, 0.25) is 0 Å². The highest BCUT2D eigenvalue weighted by molar-refractivity contribution is 7.19. The molecule has 0 aliphatic carbocycles. The molecule has 7 nitrogen and oxygen atoms in total. The number of imidazole rings is 1. The van der Waals surface area contributed by atoms with Gasteiger partial charge in [0.15, 0.2) is 11.0 Å². The van der Waals surface area contributed by atoms with Gasteiger partial charge in [-0.25, -0.2) is 9.97 Å². The number of rotatable bonds is 6. The molecule has 0 aliphatic heterocycles. The van der Waals surface area contributed by atoms with Crippen molar-refractivity contribution in [2.45, 2.75) is 39.5 Å². The minimum atomic E-state index is -0.196. The van der Waals surface area contributed by atoms with Crippen LogP contribution < -0.4 is 10.6 Å². The number of hydrogen-bond donors (Lipinski definition) is 2. The number of carbonyl (C=O) groups is 2. The van der Waals surface area contributed by atoms with Gasteiger partial charge in [-0.15, -0.1) is 0 Å². The second-order valence-corrected chi connectivity index (χ2v) is 9.18. The zero-order valence-electron chi connectivity index (χ0n) is 17.9. The Balaban J connectivity index is 1.51. The van der Waals surface area contributed by atoms with Crippen LogP contribution in [0.1, 0.15) is 48.8 Å². The fraction of sp³-hybridized carbons (Fsp3) is 0.364. The van der Waals surface area contributed by atoms with Crippen LogP contribution in [0.15, 0.2) is 36.7 Å². The molecular weight excluding hydrogens is 398 g/mol. The van der Waals surface area contributed by atoms with E-state index in [1.807, 2.05) is 49.0 Å². The molecule has 0 unspecified atom stereocenters. The van der Waals surface area contributed by atoms with E-state index >= 15 is 0 Å². The number of aromatic nitrogens is 3. The molecule has 8 heteroatoms. The Morgan fingerprint density at radius 3 is 2.47 bits per heavy atom. The van der Waals surface area contributed by atoms with Crippen molar-refractivity contribution < 1.29 is 9.59 Å². The molecule has 3 aromatic rings. The van der Waals surface area contributed by atoms with Gasteiger partial charge in [0.1, 0.15) is 0 Å². The number of carbonyl (C=O) groups excluding carboxylic acids is 2. The molecular formula is C22H27N5O2S. The lowest BCUT2D eigenvalue weighted by Crippen LogP contribution is -2.27. The molecule has 2 N–H and O–H groups in total. The minimum Gasteiger partial charge on any atom is -0.352 e. The molecule has 0 bridgehead atoms. The van der Waals surface area contributed by atoms with E-state index in [9.17, 15) is 9.59 Å². The van der Waals surface area contributed by atoms with Gasteiger partial charge < -0.3 is 15.2 Å². The van der Waals surface area contributed by atoms with Crippen LogP contribution in [0.5, 0.6) is 0 Å². The Morgan fingerprint density at radius 2 is 1.87 bits per heavy atom. The van der Waals surface area contributed by atoms with Gasteiger partial charge in [-0.1, -0.05) is 44.2 Å². The highest BCUT2D eigenvalue weighted by atomic mass is 32.1. The molecule has 1 aromatic carbocycles. The number of benzene rings is 1. The van der Waals surface area contributed by atoms with E-state index < -0.39 is 0 Å². The summed E-state index contributed by atoms with van der Waals surface area (Å²) in [4.78, 5) is 34.2. The van der Waals surface area contributed by atoms with Gasteiger partial charge in [-0.2, -0.15) is 0 Å². The first-order valence-corrected chi connectivity index (χ1v) is 10.6. The predicted octanol–water partition coefficient (Wildman–Crippen LogP) is 3.91. The lowest BCUT2D eigenvalue weighted by molar-refractivity contribution is -0.116. The summed E-state index contributed by atoms with van der Waals surface area (Å²) in [6.45, 7) is 8.53. The average Bonchev–Trinajstić information content (AvgIpc) is 3.25. The lowest BCUT2D eigenvalue weighted by Gasteiger charge is -2.19. The molecule has 2 aromatic heterocycles. The summed E-state index contributed by atoms with van der Waals surface area (Å²) < 4.78 is 1.91. The monoisotopic (exact) mass is 425 g/mol. The van der Waals surface area contributed by atoms with Gasteiger partial charge in [0.05, 0.1) is 10.6 Å². The number of thiazole rings is 1.